The van der Waals surface area contributed by atoms with Gasteiger partial charge in [0.25, 0.3) is 0 Å². The van der Waals surface area contributed by atoms with Crippen molar-refractivity contribution in [3.05, 3.63) is 66.5 Å². The van der Waals surface area contributed by atoms with E-state index in [0.29, 0.717) is 11.8 Å². The van der Waals surface area contributed by atoms with Crippen LogP contribution in [0.5, 0.6) is 5.75 Å². The van der Waals surface area contributed by atoms with Gasteiger partial charge in [-0.15, -0.1) is 0 Å². The highest BCUT2D eigenvalue weighted by atomic mass is 16.5. The fraction of sp³-hybridized carbons (Fsp3) is 0.385. The van der Waals surface area contributed by atoms with Crippen molar-refractivity contribution >= 4 is 6.09 Å². The van der Waals surface area contributed by atoms with E-state index >= 15 is 0 Å². The van der Waals surface area contributed by atoms with E-state index in [1.807, 2.05) is 36.5 Å². The van der Waals surface area contributed by atoms with Crippen LogP contribution in [0, 0.1) is 5.92 Å². The van der Waals surface area contributed by atoms with Crippen LogP contribution in [-0.2, 0) is 6.54 Å². The topological polar surface area (TPSA) is 82.2 Å². The molecule has 6 nitrogen and oxygen atoms in total. The van der Waals surface area contributed by atoms with Crippen LogP contribution in [0.15, 0.2) is 60.9 Å². The molecule has 3 N–H and O–H groups in total. The minimum Gasteiger partial charge on any atom is -0.410 e. The summed E-state index contributed by atoms with van der Waals surface area (Å²) in [4.78, 5) is 11.5. The predicted molar refractivity (Wildman–Crippen MR) is 127 cm³/mol. The Morgan fingerprint density at radius 3 is 2.72 bits per heavy atom. The summed E-state index contributed by atoms with van der Waals surface area (Å²) in [5, 5.41) is 8.03. The van der Waals surface area contributed by atoms with Gasteiger partial charge in [-0.3, -0.25) is 0 Å². The van der Waals surface area contributed by atoms with Crippen molar-refractivity contribution in [1.82, 2.24) is 15.1 Å². The Bertz CT molecular complexity index is 1030. The molecule has 1 amide bonds. The molecule has 1 aromatic heterocycles. The largest absolute Gasteiger partial charge is 0.410 e. The highest BCUT2D eigenvalue weighted by Gasteiger charge is 2.18. The first-order valence-electron chi connectivity index (χ1n) is 11.5. The van der Waals surface area contributed by atoms with E-state index in [9.17, 15) is 4.79 Å². The number of carbonyl (C=O) groups is 1. The van der Waals surface area contributed by atoms with Crippen LogP contribution in [0.3, 0.4) is 0 Å². The number of aromatic nitrogens is 2. The maximum atomic E-state index is 11.5. The Balaban J connectivity index is 1.57. The predicted octanol–water partition coefficient (Wildman–Crippen LogP) is 5.45. The van der Waals surface area contributed by atoms with Gasteiger partial charge in [-0.25, -0.2) is 9.48 Å². The van der Waals surface area contributed by atoms with Crippen LogP contribution in [0.4, 0.5) is 4.79 Å². The summed E-state index contributed by atoms with van der Waals surface area (Å²) in [5.74, 6) is 1.28. The van der Waals surface area contributed by atoms with Crippen molar-refractivity contribution in [3.63, 3.8) is 0 Å². The first-order chi connectivity index (χ1) is 15.6. The third kappa shape index (κ3) is 5.56. The summed E-state index contributed by atoms with van der Waals surface area (Å²) in [7, 11) is 0. The molecule has 0 aliphatic heterocycles. The van der Waals surface area contributed by atoms with Gasteiger partial charge < -0.3 is 15.8 Å². The lowest BCUT2D eigenvalue weighted by molar-refractivity contribution is 0.211. The second-order valence-corrected chi connectivity index (χ2v) is 8.73. The van der Waals surface area contributed by atoms with E-state index < -0.39 is 6.09 Å². The van der Waals surface area contributed by atoms with Crippen molar-refractivity contribution < 1.29 is 9.53 Å². The Kier molecular flexibility index (Phi) is 7.22. The number of carbonyl (C=O) groups excluding carboxylic acids is 1. The zero-order valence-corrected chi connectivity index (χ0v) is 18.7. The molecular formula is C26H32N4O2. The van der Waals surface area contributed by atoms with Crippen LogP contribution in [0.1, 0.15) is 51.0 Å². The van der Waals surface area contributed by atoms with E-state index in [1.165, 1.54) is 38.5 Å². The average Bonchev–Trinajstić information content (AvgIpc) is 3.34. The molecule has 1 saturated carbocycles. The number of hydrogen-bond donors (Lipinski definition) is 2. The number of hydrogen-bond acceptors (Lipinski definition) is 4. The molecule has 1 fully saturated rings. The van der Waals surface area contributed by atoms with E-state index in [-0.39, 0.29) is 0 Å². The maximum Gasteiger partial charge on any atom is 0.409 e. The maximum absolute atomic E-state index is 11.5. The van der Waals surface area contributed by atoms with Crippen LogP contribution in [-0.4, -0.2) is 21.9 Å². The lowest BCUT2D eigenvalue weighted by atomic mass is 9.85. The number of primary amides is 1. The summed E-state index contributed by atoms with van der Waals surface area (Å²) in [5.41, 5.74) is 9.19. The lowest BCUT2D eigenvalue weighted by Crippen LogP contribution is -2.28. The molecule has 0 spiro atoms. The van der Waals surface area contributed by atoms with E-state index in [0.717, 1.165) is 34.8 Å². The monoisotopic (exact) mass is 432 g/mol. The summed E-state index contributed by atoms with van der Waals surface area (Å²) in [6.45, 7) is 3.02. The Hall–Kier alpha value is -3.12. The number of nitrogens with two attached hydrogens (primary N) is 1. The third-order valence-electron chi connectivity index (χ3n) is 6.30. The summed E-state index contributed by atoms with van der Waals surface area (Å²) in [6, 6.07) is 16.1. The van der Waals surface area contributed by atoms with Gasteiger partial charge in [-0.1, -0.05) is 56.4 Å². The minimum absolute atomic E-state index is 0.441. The standard InChI is InChI=1S/C26H32N4O2/c1-19(16-20-8-3-2-4-9-20)28-18-21-10-5-6-11-23(21)24-17-22(30-15-7-14-29-30)12-13-25(24)32-26(27)31/h5-7,10-15,17,19-20,28H,2-4,8-9,16,18H2,1H3,(H2,27,31). The second kappa shape index (κ2) is 10.5. The first kappa shape index (κ1) is 22.1. The number of rotatable bonds is 8. The number of benzene rings is 2. The SMILES string of the molecule is CC(CC1CCCCC1)NCc1ccccc1-c1cc(-n2cccn2)ccc1OC(N)=O. The first-order valence-corrected chi connectivity index (χ1v) is 11.5. The molecule has 2 aromatic carbocycles. The van der Waals surface area contributed by atoms with Crippen LogP contribution in [0.25, 0.3) is 16.8 Å². The number of amides is 1. The van der Waals surface area contributed by atoms with Crippen molar-refractivity contribution in [1.29, 1.82) is 0 Å². The molecular weight excluding hydrogens is 400 g/mol. The summed E-state index contributed by atoms with van der Waals surface area (Å²) in [6.07, 6.45) is 10.9. The van der Waals surface area contributed by atoms with Gasteiger partial charge in [-0.05, 0) is 54.7 Å². The molecule has 0 saturated heterocycles. The molecule has 1 unspecified atom stereocenters. The van der Waals surface area contributed by atoms with E-state index in [2.05, 4.69) is 29.5 Å². The van der Waals surface area contributed by atoms with Crippen LogP contribution >= 0.6 is 0 Å². The molecule has 1 atom stereocenters. The van der Waals surface area contributed by atoms with E-state index in [4.69, 9.17) is 10.5 Å². The van der Waals surface area contributed by atoms with Gasteiger partial charge in [0, 0.05) is 30.5 Å². The molecule has 32 heavy (non-hydrogen) atoms. The quantitative estimate of drug-likeness (QED) is 0.496. The molecule has 6 heteroatoms. The molecule has 168 valence electrons. The minimum atomic E-state index is -0.824. The molecule has 3 aromatic rings. The van der Waals surface area contributed by atoms with Gasteiger partial charge in [0.15, 0.2) is 0 Å². The highest BCUT2D eigenvalue weighted by molar-refractivity contribution is 5.79. The zero-order valence-electron chi connectivity index (χ0n) is 18.7. The lowest BCUT2D eigenvalue weighted by Gasteiger charge is -2.25. The zero-order chi connectivity index (χ0) is 22.3. The van der Waals surface area contributed by atoms with Gasteiger partial charge in [0.1, 0.15) is 5.75 Å². The van der Waals surface area contributed by atoms with Crippen molar-refractivity contribution in [2.75, 3.05) is 0 Å². The fourth-order valence-corrected chi connectivity index (χ4v) is 4.72. The van der Waals surface area contributed by atoms with Crippen molar-refractivity contribution in [2.24, 2.45) is 11.7 Å². The molecule has 0 bridgehead atoms. The normalized spacial score (nSPS) is 15.4. The van der Waals surface area contributed by atoms with Gasteiger partial charge >= 0.3 is 6.09 Å². The Morgan fingerprint density at radius 1 is 1.16 bits per heavy atom. The van der Waals surface area contributed by atoms with Gasteiger partial charge in [0.2, 0.25) is 0 Å². The van der Waals surface area contributed by atoms with Crippen molar-refractivity contribution in [2.45, 2.75) is 58.0 Å². The molecule has 1 aliphatic rings. The van der Waals surface area contributed by atoms with Crippen molar-refractivity contribution in [3.8, 4) is 22.6 Å². The molecule has 1 aliphatic carbocycles. The number of nitrogens with zero attached hydrogens (tertiary/aromatic N) is 2. The highest BCUT2D eigenvalue weighted by Crippen LogP contribution is 2.35. The van der Waals surface area contributed by atoms with Gasteiger partial charge in [0.05, 0.1) is 5.69 Å². The molecule has 4 rings (SSSR count). The molecule has 0 radical (unpaired) electrons. The smallest absolute Gasteiger partial charge is 0.409 e. The fourth-order valence-electron chi connectivity index (χ4n) is 4.72. The Morgan fingerprint density at radius 2 is 1.97 bits per heavy atom. The third-order valence-corrected chi connectivity index (χ3v) is 6.30. The van der Waals surface area contributed by atoms with Crippen LogP contribution in [0.2, 0.25) is 0 Å². The molecule has 1 heterocycles. The summed E-state index contributed by atoms with van der Waals surface area (Å²) >= 11 is 0. The average molecular weight is 433 g/mol. The van der Waals surface area contributed by atoms with Crippen LogP contribution < -0.4 is 15.8 Å². The second-order valence-electron chi connectivity index (χ2n) is 8.73. The number of nitrogens with one attached hydrogen (secondary N) is 1. The van der Waals surface area contributed by atoms with Gasteiger partial charge in [-0.2, -0.15) is 5.10 Å². The summed E-state index contributed by atoms with van der Waals surface area (Å²) < 4.78 is 7.12. The number of ether oxygens (including phenoxy) is 1. The van der Waals surface area contributed by atoms with E-state index in [1.54, 1.807) is 16.9 Å². The Labute approximate surface area is 189 Å².